The van der Waals surface area contributed by atoms with Crippen LogP contribution in [0.15, 0.2) is 65.3 Å². The summed E-state index contributed by atoms with van der Waals surface area (Å²) in [5, 5.41) is 0.634. The predicted octanol–water partition coefficient (Wildman–Crippen LogP) is 4.36. The van der Waals surface area contributed by atoms with Crippen LogP contribution >= 0.6 is 11.6 Å². The second-order valence-corrected chi connectivity index (χ2v) is 5.43. The highest BCUT2D eigenvalue weighted by molar-refractivity contribution is 6.30. The van der Waals surface area contributed by atoms with Gasteiger partial charge < -0.3 is 9.47 Å². The fourth-order valence-electron chi connectivity index (χ4n) is 2.18. The van der Waals surface area contributed by atoms with Crippen LogP contribution in [0.1, 0.15) is 11.1 Å². The molecule has 0 atom stereocenters. The van der Waals surface area contributed by atoms with Crippen LogP contribution in [-0.2, 0) is 9.53 Å². The van der Waals surface area contributed by atoms with E-state index in [1.807, 2.05) is 24.3 Å². The molecule has 0 saturated carbocycles. The smallest absolute Gasteiger partial charge is 0.363 e. The summed E-state index contributed by atoms with van der Waals surface area (Å²) >= 11 is 5.85. The van der Waals surface area contributed by atoms with Crippen LogP contribution in [0.5, 0.6) is 5.75 Å². The van der Waals surface area contributed by atoms with Crippen molar-refractivity contribution >= 4 is 35.6 Å². The van der Waals surface area contributed by atoms with E-state index in [4.69, 9.17) is 21.1 Å². The minimum atomic E-state index is -0.482. The van der Waals surface area contributed by atoms with Crippen LogP contribution in [0.25, 0.3) is 12.2 Å². The second kappa shape index (κ2) is 7.15. The van der Waals surface area contributed by atoms with Crippen LogP contribution < -0.4 is 4.74 Å². The van der Waals surface area contributed by atoms with Crippen molar-refractivity contribution in [1.82, 2.24) is 0 Å². The van der Waals surface area contributed by atoms with Crippen LogP contribution in [0.3, 0.4) is 0 Å². The van der Waals surface area contributed by atoms with Crippen molar-refractivity contribution in [2.24, 2.45) is 4.99 Å². The molecule has 0 unspecified atom stereocenters. The summed E-state index contributed by atoms with van der Waals surface area (Å²) in [5.41, 5.74) is 1.94. The first kappa shape index (κ1) is 16.0. The van der Waals surface area contributed by atoms with Crippen LogP contribution in [0.4, 0.5) is 0 Å². The highest BCUT2D eigenvalue weighted by Crippen LogP contribution is 2.21. The number of cyclic esters (lactones) is 1. The lowest BCUT2D eigenvalue weighted by atomic mass is 10.2. The largest absolute Gasteiger partial charge is 0.496 e. The van der Waals surface area contributed by atoms with E-state index in [0.717, 1.165) is 16.9 Å². The van der Waals surface area contributed by atoms with Gasteiger partial charge in [0.05, 0.1) is 7.11 Å². The molecule has 0 aliphatic carbocycles. The fraction of sp³-hybridized carbons (Fsp3) is 0.0526. The summed E-state index contributed by atoms with van der Waals surface area (Å²) in [7, 11) is 1.60. The van der Waals surface area contributed by atoms with E-state index in [-0.39, 0.29) is 11.6 Å². The molecule has 1 aliphatic heterocycles. The average Bonchev–Trinajstić information content (AvgIpc) is 2.95. The van der Waals surface area contributed by atoms with Gasteiger partial charge in [-0.05, 0) is 35.9 Å². The van der Waals surface area contributed by atoms with Crippen molar-refractivity contribution in [3.05, 3.63) is 76.5 Å². The summed E-state index contributed by atoms with van der Waals surface area (Å²) in [4.78, 5) is 16.1. The van der Waals surface area contributed by atoms with Gasteiger partial charge in [-0.2, -0.15) is 0 Å². The number of rotatable bonds is 4. The Morgan fingerprint density at radius 2 is 1.83 bits per heavy atom. The summed E-state index contributed by atoms with van der Waals surface area (Å²) < 4.78 is 10.4. The Labute approximate surface area is 144 Å². The van der Waals surface area contributed by atoms with Gasteiger partial charge in [-0.25, -0.2) is 9.79 Å². The zero-order valence-electron chi connectivity index (χ0n) is 12.9. The number of hydrogen-bond donors (Lipinski definition) is 0. The number of aliphatic imine (C=N–C) groups is 1. The zero-order chi connectivity index (χ0) is 16.9. The number of benzene rings is 2. The maximum absolute atomic E-state index is 11.9. The Morgan fingerprint density at radius 1 is 1.08 bits per heavy atom. The Bertz CT molecular complexity index is 851. The number of carbonyl (C=O) groups is 1. The topological polar surface area (TPSA) is 47.9 Å². The third kappa shape index (κ3) is 3.73. The molecule has 24 heavy (non-hydrogen) atoms. The van der Waals surface area contributed by atoms with E-state index in [9.17, 15) is 4.79 Å². The quantitative estimate of drug-likeness (QED) is 0.614. The third-order valence-corrected chi connectivity index (χ3v) is 3.61. The van der Waals surface area contributed by atoms with Crippen molar-refractivity contribution in [3.63, 3.8) is 0 Å². The number of hydrogen-bond acceptors (Lipinski definition) is 4. The Kier molecular flexibility index (Phi) is 4.77. The van der Waals surface area contributed by atoms with Gasteiger partial charge in [0.15, 0.2) is 5.70 Å². The number of esters is 1. The molecule has 0 spiro atoms. The molecule has 0 radical (unpaired) electrons. The number of carbonyl (C=O) groups excluding carboxylic acids is 1. The number of ether oxygens (including phenoxy) is 2. The van der Waals surface area contributed by atoms with Crippen LogP contribution in [0, 0.1) is 0 Å². The molecule has 1 heterocycles. The standard InChI is InChI=1S/C19H14ClNO3/c1-23-17-5-3-2-4-14(17)8-11-18-21-16(19(22)24-18)12-13-6-9-15(20)10-7-13/h2-12H,1H3/b11-8+,16-12-. The lowest BCUT2D eigenvalue weighted by molar-refractivity contribution is -0.129. The summed E-state index contributed by atoms with van der Waals surface area (Å²) in [6.07, 6.45) is 5.08. The number of para-hydroxylation sites is 1. The lowest BCUT2D eigenvalue weighted by Gasteiger charge is -2.02. The SMILES string of the molecule is COc1ccccc1/C=C/C1=NC(=C\c2ccc(Cl)cc2)/C(=O)O1. The van der Waals surface area contributed by atoms with Gasteiger partial charge in [-0.3, -0.25) is 0 Å². The highest BCUT2D eigenvalue weighted by atomic mass is 35.5. The minimum Gasteiger partial charge on any atom is -0.496 e. The third-order valence-electron chi connectivity index (χ3n) is 3.35. The molecule has 0 bridgehead atoms. The van der Waals surface area contributed by atoms with Gasteiger partial charge in [0.25, 0.3) is 0 Å². The van der Waals surface area contributed by atoms with Crippen molar-refractivity contribution in [2.75, 3.05) is 7.11 Å². The molecular weight excluding hydrogens is 326 g/mol. The van der Waals surface area contributed by atoms with Gasteiger partial charge >= 0.3 is 5.97 Å². The molecule has 0 N–H and O–H groups in total. The maximum atomic E-state index is 11.9. The first-order valence-electron chi connectivity index (χ1n) is 7.25. The van der Waals surface area contributed by atoms with Crippen LogP contribution in [0.2, 0.25) is 5.02 Å². The molecule has 2 aromatic carbocycles. The molecule has 2 aromatic rings. The molecule has 3 rings (SSSR count). The molecule has 120 valence electrons. The van der Waals surface area contributed by atoms with Gasteiger partial charge in [-0.15, -0.1) is 0 Å². The summed E-state index contributed by atoms with van der Waals surface area (Å²) in [6, 6.07) is 14.7. The molecule has 0 fully saturated rings. The first-order chi connectivity index (χ1) is 11.7. The van der Waals surface area contributed by atoms with E-state index in [1.165, 1.54) is 0 Å². The van der Waals surface area contributed by atoms with Gasteiger partial charge in [0, 0.05) is 16.7 Å². The molecule has 0 aromatic heterocycles. The minimum absolute atomic E-state index is 0.242. The summed E-state index contributed by atoms with van der Waals surface area (Å²) in [6.45, 7) is 0. The van der Waals surface area contributed by atoms with Crippen LogP contribution in [-0.4, -0.2) is 19.0 Å². The van der Waals surface area contributed by atoms with E-state index >= 15 is 0 Å². The number of nitrogens with zero attached hydrogens (tertiary/aromatic N) is 1. The number of methoxy groups -OCH3 is 1. The van der Waals surface area contributed by atoms with E-state index in [2.05, 4.69) is 4.99 Å². The van der Waals surface area contributed by atoms with Crippen molar-refractivity contribution in [1.29, 1.82) is 0 Å². The van der Waals surface area contributed by atoms with E-state index in [0.29, 0.717) is 5.02 Å². The van der Waals surface area contributed by atoms with Gasteiger partial charge in [0.1, 0.15) is 5.75 Å². The van der Waals surface area contributed by atoms with E-state index in [1.54, 1.807) is 49.6 Å². The normalized spacial score (nSPS) is 15.7. The maximum Gasteiger partial charge on any atom is 0.363 e. The molecule has 0 amide bonds. The Hall–Kier alpha value is -2.85. The monoisotopic (exact) mass is 339 g/mol. The highest BCUT2D eigenvalue weighted by Gasteiger charge is 2.21. The average molecular weight is 340 g/mol. The van der Waals surface area contributed by atoms with Gasteiger partial charge in [-0.1, -0.05) is 41.9 Å². The Morgan fingerprint density at radius 3 is 2.58 bits per heavy atom. The van der Waals surface area contributed by atoms with E-state index < -0.39 is 5.97 Å². The van der Waals surface area contributed by atoms with Gasteiger partial charge in [0.2, 0.25) is 5.90 Å². The second-order valence-electron chi connectivity index (χ2n) is 5.00. The first-order valence-corrected chi connectivity index (χ1v) is 7.63. The molecule has 5 heteroatoms. The molecule has 0 saturated heterocycles. The zero-order valence-corrected chi connectivity index (χ0v) is 13.7. The number of halogens is 1. The predicted molar refractivity (Wildman–Crippen MR) is 95.0 cm³/mol. The fourth-order valence-corrected chi connectivity index (χ4v) is 2.30. The molecular formula is C19H14ClNO3. The Balaban J connectivity index is 1.81. The van der Waals surface area contributed by atoms with Crippen molar-refractivity contribution < 1.29 is 14.3 Å². The lowest BCUT2D eigenvalue weighted by Crippen LogP contribution is -2.01. The molecule has 1 aliphatic rings. The summed E-state index contributed by atoms with van der Waals surface area (Å²) in [5.74, 6) is 0.492. The van der Waals surface area contributed by atoms with Crippen molar-refractivity contribution in [3.8, 4) is 5.75 Å². The molecule has 4 nitrogen and oxygen atoms in total. The van der Waals surface area contributed by atoms with Crippen molar-refractivity contribution in [2.45, 2.75) is 0 Å².